The lowest BCUT2D eigenvalue weighted by Crippen LogP contribution is -2.54. The monoisotopic (exact) mass is 216 g/mol. The van der Waals surface area contributed by atoms with Crippen molar-refractivity contribution >= 4 is 5.78 Å². The predicted molar refractivity (Wildman–Crippen MR) is 53.5 cm³/mol. The van der Waals surface area contributed by atoms with Crippen molar-refractivity contribution < 1.29 is 14.4 Å². The summed E-state index contributed by atoms with van der Waals surface area (Å²) in [6.45, 7) is 0. The Bertz CT molecular complexity index is 255. The number of Topliss-reactive ketones (excluding diaryl/α,β-unsaturated/α-hetero) is 1. The molecule has 0 aromatic heterocycles. The summed E-state index contributed by atoms with van der Waals surface area (Å²) in [6, 6.07) is 1.28. The van der Waals surface area contributed by atoms with E-state index < -0.39 is 5.09 Å². The Hall–Kier alpha value is -1.17. The molecular formula is C9H16N2O4. The van der Waals surface area contributed by atoms with Crippen LogP contribution in [-0.2, 0) is 4.79 Å². The minimum absolute atomic E-state index is 0.495. The average Bonchev–Trinajstić information content (AvgIpc) is 2.30. The first-order chi connectivity index (χ1) is 6.84. The Morgan fingerprint density at radius 2 is 1.53 bits per heavy atom. The number of nitrogens with zero attached hydrogens (tertiary/aromatic N) is 2. The standard InChI is InChI=1S/C9H16NO.NO3/c1-10(2)7-3-4-8(10)6-9(11)5-7;2-1(3)4/h7-8H,3-6H2,1-2H3;/q+1;-1. The number of fused-ring (bicyclic) bond motifs is 2. The van der Waals surface area contributed by atoms with Crippen LogP contribution in [0.5, 0.6) is 0 Å². The quantitative estimate of drug-likeness (QED) is 0.339. The number of piperidine rings is 1. The van der Waals surface area contributed by atoms with Gasteiger partial charge in [-0.25, -0.2) is 0 Å². The Kier molecular flexibility index (Phi) is 3.28. The second kappa shape index (κ2) is 4.14. The van der Waals surface area contributed by atoms with Crippen LogP contribution in [0.4, 0.5) is 0 Å². The van der Waals surface area contributed by atoms with E-state index in [1.807, 2.05) is 0 Å². The third-order valence-corrected chi connectivity index (χ3v) is 3.64. The first kappa shape index (κ1) is 11.9. The van der Waals surface area contributed by atoms with Crippen LogP contribution in [0, 0.1) is 15.3 Å². The van der Waals surface area contributed by atoms with E-state index in [2.05, 4.69) is 14.1 Å². The summed E-state index contributed by atoms with van der Waals surface area (Å²) in [6.07, 6.45) is 4.21. The zero-order valence-electron chi connectivity index (χ0n) is 9.01. The zero-order valence-corrected chi connectivity index (χ0v) is 9.01. The fourth-order valence-corrected chi connectivity index (χ4v) is 2.63. The molecule has 2 rings (SSSR count). The van der Waals surface area contributed by atoms with Crippen molar-refractivity contribution in [2.75, 3.05) is 14.1 Å². The lowest BCUT2D eigenvalue weighted by molar-refractivity contribution is -0.926. The number of hydrogen-bond acceptors (Lipinski definition) is 4. The van der Waals surface area contributed by atoms with Crippen LogP contribution in [0.2, 0.25) is 0 Å². The zero-order chi connectivity index (χ0) is 11.6. The molecule has 86 valence electrons. The molecule has 0 N–H and O–H groups in total. The van der Waals surface area contributed by atoms with Crippen molar-refractivity contribution in [2.24, 2.45) is 0 Å². The molecule has 6 nitrogen and oxygen atoms in total. The highest BCUT2D eigenvalue weighted by Crippen LogP contribution is 2.37. The molecule has 2 atom stereocenters. The molecule has 0 radical (unpaired) electrons. The van der Waals surface area contributed by atoms with Gasteiger partial charge in [-0.3, -0.25) is 4.79 Å². The predicted octanol–water partition coefficient (Wildman–Crippen LogP) is 0.718. The van der Waals surface area contributed by atoms with Gasteiger partial charge in [0, 0.05) is 12.8 Å². The average molecular weight is 216 g/mol. The number of carbonyl (C=O) groups excluding carboxylic acids is 1. The van der Waals surface area contributed by atoms with Crippen LogP contribution in [0.3, 0.4) is 0 Å². The molecule has 2 saturated heterocycles. The van der Waals surface area contributed by atoms with E-state index in [1.165, 1.54) is 12.8 Å². The van der Waals surface area contributed by atoms with E-state index in [0.717, 1.165) is 17.3 Å². The summed E-state index contributed by atoms with van der Waals surface area (Å²) >= 11 is 0. The van der Waals surface area contributed by atoms with E-state index >= 15 is 0 Å². The first-order valence-electron chi connectivity index (χ1n) is 5.00. The molecule has 6 heteroatoms. The van der Waals surface area contributed by atoms with Gasteiger partial charge in [-0.05, 0) is 0 Å². The number of quaternary nitrogens is 1. The number of rotatable bonds is 0. The van der Waals surface area contributed by atoms with Gasteiger partial charge in [0.1, 0.15) is 5.78 Å². The third-order valence-electron chi connectivity index (χ3n) is 3.64. The second-order valence-corrected chi connectivity index (χ2v) is 4.68. The molecule has 0 aliphatic carbocycles. The van der Waals surface area contributed by atoms with Crippen LogP contribution in [0.15, 0.2) is 0 Å². The fraction of sp³-hybridized carbons (Fsp3) is 0.889. The van der Waals surface area contributed by atoms with Crippen molar-refractivity contribution in [1.82, 2.24) is 0 Å². The molecular weight excluding hydrogens is 200 g/mol. The highest BCUT2D eigenvalue weighted by Gasteiger charge is 2.48. The first-order valence-corrected chi connectivity index (χ1v) is 5.00. The van der Waals surface area contributed by atoms with Gasteiger partial charge in [-0.15, -0.1) is 0 Å². The van der Waals surface area contributed by atoms with Crippen LogP contribution in [0.25, 0.3) is 0 Å². The molecule has 2 bridgehead atoms. The molecule has 0 aromatic carbocycles. The van der Waals surface area contributed by atoms with Crippen molar-refractivity contribution in [2.45, 2.75) is 37.8 Å². The maximum absolute atomic E-state index is 11.2. The molecule has 0 aromatic rings. The maximum Gasteiger partial charge on any atom is 0.144 e. The Balaban J connectivity index is 0.000000245. The largest absolute Gasteiger partial charge is 0.356 e. The molecule has 2 aliphatic rings. The molecule has 15 heavy (non-hydrogen) atoms. The number of ketones is 1. The summed E-state index contributed by atoms with van der Waals surface area (Å²) in [7, 11) is 4.55. The molecule has 0 spiro atoms. The minimum Gasteiger partial charge on any atom is -0.356 e. The highest BCUT2D eigenvalue weighted by molar-refractivity contribution is 5.80. The van der Waals surface area contributed by atoms with Crippen LogP contribution in [-0.4, -0.2) is 41.5 Å². The van der Waals surface area contributed by atoms with Crippen molar-refractivity contribution in [1.29, 1.82) is 0 Å². The third kappa shape index (κ3) is 2.65. The van der Waals surface area contributed by atoms with E-state index in [9.17, 15) is 4.79 Å². The van der Waals surface area contributed by atoms with Gasteiger partial charge in [0.05, 0.1) is 44.1 Å². The number of hydrogen-bond donors (Lipinski definition) is 0. The van der Waals surface area contributed by atoms with E-state index in [1.54, 1.807) is 0 Å². The van der Waals surface area contributed by atoms with Crippen molar-refractivity contribution in [3.63, 3.8) is 0 Å². The Morgan fingerprint density at radius 3 is 1.87 bits per heavy atom. The molecule has 0 saturated carbocycles. The van der Waals surface area contributed by atoms with Crippen LogP contribution < -0.4 is 0 Å². The maximum atomic E-state index is 11.2. The van der Waals surface area contributed by atoms with Gasteiger partial charge in [0.15, 0.2) is 0 Å². The SMILES string of the molecule is C[N+]1(C)C2CCC1CC(=O)C2.O=[N+]([O-])[O-]. The Labute approximate surface area is 88.2 Å². The topological polar surface area (TPSA) is 83.3 Å². The summed E-state index contributed by atoms with van der Waals surface area (Å²) in [4.78, 5) is 19.5. The fourth-order valence-electron chi connectivity index (χ4n) is 2.63. The van der Waals surface area contributed by atoms with Gasteiger partial charge in [0.2, 0.25) is 0 Å². The van der Waals surface area contributed by atoms with Crippen molar-refractivity contribution in [3.8, 4) is 0 Å². The van der Waals surface area contributed by atoms with E-state index in [0.29, 0.717) is 17.9 Å². The second-order valence-electron chi connectivity index (χ2n) is 4.68. The molecule has 2 aliphatic heterocycles. The van der Waals surface area contributed by atoms with Gasteiger partial charge < -0.3 is 19.8 Å². The van der Waals surface area contributed by atoms with Crippen molar-refractivity contribution in [3.05, 3.63) is 15.3 Å². The molecule has 2 fully saturated rings. The summed E-state index contributed by atoms with van der Waals surface area (Å²) < 4.78 is 1.10. The van der Waals surface area contributed by atoms with Crippen LogP contribution >= 0.6 is 0 Å². The Morgan fingerprint density at radius 1 is 1.20 bits per heavy atom. The lowest BCUT2D eigenvalue weighted by atomic mass is 10.00. The van der Waals surface area contributed by atoms with Gasteiger partial charge in [-0.2, -0.15) is 0 Å². The molecule has 0 amide bonds. The van der Waals surface area contributed by atoms with Gasteiger partial charge in [-0.1, -0.05) is 0 Å². The van der Waals surface area contributed by atoms with Crippen LogP contribution in [0.1, 0.15) is 25.7 Å². The smallest absolute Gasteiger partial charge is 0.144 e. The van der Waals surface area contributed by atoms with Gasteiger partial charge >= 0.3 is 0 Å². The summed E-state index contributed by atoms with van der Waals surface area (Å²) in [5, 5.41) is 14.8. The van der Waals surface area contributed by atoms with Gasteiger partial charge in [0.25, 0.3) is 0 Å². The lowest BCUT2D eigenvalue weighted by Gasteiger charge is -2.40. The summed E-state index contributed by atoms with van der Waals surface area (Å²) in [5.41, 5.74) is 0. The highest BCUT2D eigenvalue weighted by atomic mass is 16.9. The normalized spacial score (nSPS) is 31.7. The molecule has 2 heterocycles. The number of carbonyl (C=O) groups is 1. The molecule has 2 unspecified atom stereocenters. The summed E-state index contributed by atoms with van der Waals surface area (Å²) in [5.74, 6) is 0.495. The van der Waals surface area contributed by atoms with E-state index in [4.69, 9.17) is 15.3 Å². The minimum atomic E-state index is -1.75. The van der Waals surface area contributed by atoms with E-state index in [-0.39, 0.29) is 0 Å².